The standard InChI is InChI=1S/C17H24N4/c1-10(9-18-6)16-13(4)20-17(21-14(16)5)15-7-11(2)19-12(3)8-15/h7-8,10,18H,9H2,1-6H3. The van der Waals surface area contributed by atoms with E-state index in [0.717, 1.165) is 40.7 Å². The summed E-state index contributed by atoms with van der Waals surface area (Å²) in [5, 5.41) is 3.22. The molecular formula is C17H24N4. The van der Waals surface area contributed by atoms with Crippen LogP contribution in [-0.2, 0) is 0 Å². The van der Waals surface area contributed by atoms with E-state index in [0.29, 0.717) is 5.92 Å². The first-order valence-corrected chi connectivity index (χ1v) is 7.37. The highest BCUT2D eigenvalue weighted by atomic mass is 14.9. The zero-order valence-electron chi connectivity index (χ0n) is 13.8. The summed E-state index contributed by atoms with van der Waals surface area (Å²) < 4.78 is 0. The van der Waals surface area contributed by atoms with Gasteiger partial charge in [-0.2, -0.15) is 0 Å². The molecular weight excluding hydrogens is 260 g/mol. The number of aromatic nitrogens is 3. The monoisotopic (exact) mass is 284 g/mol. The van der Waals surface area contributed by atoms with Gasteiger partial charge in [0.1, 0.15) is 0 Å². The molecule has 112 valence electrons. The van der Waals surface area contributed by atoms with Gasteiger partial charge in [0.15, 0.2) is 5.82 Å². The summed E-state index contributed by atoms with van der Waals surface area (Å²) >= 11 is 0. The maximum Gasteiger partial charge on any atom is 0.159 e. The number of likely N-dealkylation sites (N-methyl/N-ethyl adjacent to an activating group) is 1. The highest BCUT2D eigenvalue weighted by Gasteiger charge is 2.15. The van der Waals surface area contributed by atoms with Crippen LogP contribution in [0, 0.1) is 27.7 Å². The molecule has 0 fully saturated rings. The largest absolute Gasteiger partial charge is 0.319 e. The third-order valence-electron chi connectivity index (χ3n) is 3.67. The van der Waals surface area contributed by atoms with Crippen molar-refractivity contribution in [3.8, 4) is 11.4 Å². The van der Waals surface area contributed by atoms with Gasteiger partial charge in [-0.15, -0.1) is 0 Å². The second-order valence-corrected chi connectivity index (χ2v) is 5.73. The summed E-state index contributed by atoms with van der Waals surface area (Å²) in [6, 6.07) is 4.08. The molecule has 2 heterocycles. The lowest BCUT2D eigenvalue weighted by atomic mass is 9.97. The Morgan fingerprint density at radius 2 is 1.48 bits per heavy atom. The zero-order valence-corrected chi connectivity index (χ0v) is 13.8. The molecule has 0 bridgehead atoms. The normalized spacial score (nSPS) is 12.5. The molecule has 2 rings (SSSR count). The van der Waals surface area contributed by atoms with E-state index in [9.17, 15) is 0 Å². The third kappa shape index (κ3) is 3.45. The lowest BCUT2D eigenvalue weighted by Crippen LogP contribution is -2.17. The quantitative estimate of drug-likeness (QED) is 0.937. The number of hydrogen-bond donors (Lipinski definition) is 1. The first kappa shape index (κ1) is 15.6. The Balaban J connectivity index is 2.48. The fourth-order valence-electron chi connectivity index (χ4n) is 2.94. The van der Waals surface area contributed by atoms with Gasteiger partial charge in [-0.1, -0.05) is 6.92 Å². The Labute approximate surface area is 127 Å². The number of pyridine rings is 1. The number of hydrogen-bond acceptors (Lipinski definition) is 4. The van der Waals surface area contributed by atoms with Crippen molar-refractivity contribution < 1.29 is 0 Å². The van der Waals surface area contributed by atoms with Crippen molar-refractivity contribution in [3.63, 3.8) is 0 Å². The van der Waals surface area contributed by atoms with E-state index in [4.69, 9.17) is 9.97 Å². The Morgan fingerprint density at radius 1 is 0.952 bits per heavy atom. The molecule has 0 aliphatic heterocycles. The van der Waals surface area contributed by atoms with Crippen molar-refractivity contribution >= 4 is 0 Å². The van der Waals surface area contributed by atoms with Gasteiger partial charge in [-0.3, -0.25) is 4.98 Å². The van der Waals surface area contributed by atoms with Gasteiger partial charge in [0.25, 0.3) is 0 Å². The van der Waals surface area contributed by atoms with Crippen LogP contribution in [0.4, 0.5) is 0 Å². The number of nitrogens with zero attached hydrogens (tertiary/aromatic N) is 3. The molecule has 2 aromatic heterocycles. The summed E-state index contributed by atoms with van der Waals surface area (Å²) in [4.78, 5) is 13.9. The van der Waals surface area contributed by atoms with Crippen molar-refractivity contribution in [2.45, 2.75) is 40.5 Å². The van der Waals surface area contributed by atoms with E-state index in [1.807, 2.05) is 33.0 Å². The van der Waals surface area contributed by atoms with Gasteiger partial charge in [0.05, 0.1) is 0 Å². The molecule has 0 aromatic carbocycles. The topological polar surface area (TPSA) is 50.7 Å². The van der Waals surface area contributed by atoms with Crippen LogP contribution in [0.25, 0.3) is 11.4 Å². The van der Waals surface area contributed by atoms with Gasteiger partial charge in [-0.25, -0.2) is 9.97 Å². The molecule has 0 aliphatic rings. The van der Waals surface area contributed by atoms with E-state index in [-0.39, 0.29) is 0 Å². The summed E-state index contributed by atoms with van der Waals surface area (Å²) in [7, 11) is 1.97. The van der Waals surface area contributed by atoms with Crippen LogP contribution in [0.15, 0.2) is 12.1 Å². The van der Waals surface area contributed by atoms with Gasteiger partial charge in [0.2, 0.25) is 0 Å². The number of nitrogens with one attached hydrogen (secondary N) is 1. The Hall–Kier alpha value is -1.81. The molecule has 4 heteroatoms. The predicted molar refractivity (Wildman–Crippen MR) is 86.6 cm³/mol. The number of aryl methyl sites for hydroxylation is 4. The Morgan fingerprint density at radius 3 is 1.95 bits per heavy atom. The second kappa shape index (κ2) is 6.31. The van der Waals surface area contributed by atoms with Crippen molar-refractivity contribution in [3.05, 3.63) is 40.5 Å². The van der Waals surface area contributed by atoms with Gasteiger partial charge >= 0.3 is 0 Å². The average Bonchev–Trinajstić information content (AvgIpc) is 2.36. The van der Waals surface area contributed by atoms with E-state index >= 15 is 0 Å². The van der Waals surface area contributed by atoms with Crippen LogP contribution in [0.1, 0.15) is 41.2 Å². The summed E-state index contributed by atoms with van der Waals surface area (Å²) in [6.45, 7) is 11.3. The van der Waals surface area contributed by atoms with Gasteiger partial charge in [0, 0.05) is 34.9 Å². The van der Waals surface area contributed by atoms with Crippen molar-refractivity contribution in [1.82, 2.24) is 20.3 Å². The highest BCUT2D eigenvalue weighted by molar-refractivity contribution is 5.57. The van der Waals surface area contributed by atoms with Crippen LogP contribution < -0.4 is 5.32 Å². The number of rotatable bonds is 4. The van der Waals surface area contributed by atoms with Crippen LogP contribution in [0.2, 0.25) is 0 Å². The molecule has 0 aliphatic carbocycles. The fraction of sp³-hybridized carbons (Fsp3) is 0.471. The van der Waals surface area contributed by atoms with Crippen LogP contribution in [0.3, 0.4) is 0 Å². The van der Waals surface area contributed by atoms with Crippen molar-refractivity contribution in [2.75, 3.05) is 13.6 Å². The molecule has 4 nitrogen and oxygen atoms in total. The zero-order chi connectivity index (χ0) is 15.6. The van der Waals surface area contributed by atoms with Gasteiger partial charge < -0.3 is 5.32 Å². The van der Waals surface area contributed by atoms with Crippen LogP contribution in [0.5, 0.6) is 0 Å². The maximum absolute atomic E-state index is 4.72. The molecule has 1 unspecified atom stereocenters. The first-order chi connectivity index (χ1) is 9.92. The lowest BCUT2D eigenvalue weighted by Gasteiger charge is -2.17. The summed E-state index contributed by atoms with van der Waals surface area (Å²) in [6.07, 6.45) is 0. The maximum atomic E-state index is 4.72. The Bertz CT molecular complexity index is 606. The molecule has 0 amide bonds. The molecule has 2 aromatic rings. The first-order valence-electron chi connectivity index (χ1n) is 7.37. The lowest BCUT2D eigenvalue weighted by molar-refractivity contribution is 0.663. The smallest absolute Gasteiger partial charge is 0.159 e. The average molecular weight is 284 g/mol. The second-order valence-electron chi connectivity index (χ2n) is 5.73. The summed E-state index contributed by atoms with van der Waals surface area (Å²) in [5.74, 6) is 1.20. The molecule has 1 atom stereocenters. The minimum absolute atomic E-state index is 0.407. The third-order valence-corrected chi connectivity index (χ3v) is 3.67. The Kier molecular flexibility index (Phi) is 4.68. The minimum Gasteiger partial charge on any atom is -0.319 e. The van der Waals surface area contributed by atoms with E-state index in [1.54, 1.807) is 0 Å². The molecule has 0 saturated carbocycles. The molecule has 21 heavy (non-hydrogen) atoms. The highest BCUT2D eigenvalue weighted by Crippen LogP contribution is 2.24. The summed E-state index contributed by atoms with van der Waals surface area (Å²) in [5.41, 5.74) is 6.41. The van der Waals surface area contributed by atoms with E-state index < -0.39 is 0 Å². The molecule has 1 N–H and O–H groups in total. The SMILES string of the molecule is CNCC(C)c1c(C)nc(-c2cc(C)nc(C)c2)nc1C. The van der Waals surface area contributed by atoms with E-state index in [1.165, 1.54) is 5.56 Å². The fourth-order valence-corrected chi connectivity index (χ4v) is 2.94. The predicted octanol–water partition coefficient (Wildman–Crippen LogP) is 3.10. The van der Waals surface area contributed by atoms with Crippen LogP contribution in [-0.4, -0.2) is 28.5 Å². The minimum atomic E-state index is 0.407. The molecule has 0 spiro atoms. The van der Waals surface area contributed by atoms with Crippen LogP contribution >= 0.6 is 0 Å². The van der Waals surface area contributed by atoms with Crippen molar-refractivity contribution in [2.24, 2.45) is 0 Å². The molecule has 0 saturated heterocycles. The van der Waals surface area contributed by atoms with E-state index in [2.05, 4.69) is 31.1 Å². The molecule has 0 radical (unpaired) electrons. The van der Waals surface area contributed by atoms with Gasteiger partial charge in [-0.05, 0) is 58.4 Å². The van der Waals surface area contributed by atoms with Crippen molar-refractivity contribution in [1.29, 1.82) is 0 Å².